The summed E-state index contributed by atoms with van der Waals surface area (Å²) in [5, 5.41) is 13.4. The van der Waals surface area contributed by atoms with E-state index in [2.05, 4.69) is 15.3 Å². The summed E-state index contributed by atoms with van der Waals surface area (Å²) in [7, 11) is 0. The molecule has 0 fully saturated rings. The van der Waals surface area contributed by atoms with E-state index in [-0.39, 0.29) is 18.5 Å². The summed E-state index contributed by atoms with van der Waals surface area (Å²) >= 11 is 6.23. The number of nitrogens with zero attached hydrogens (tertiary/aromatic N) is 5. The smallest absolute Gasteiger partial charge is 0.249 e. The maximum atomic E-state index is 13.1. The predicted octanol–water partition coefficient (Wildman–Crippen LogP) is 5.64. The van der Waals surface area contributed by atoms with Gasteiger partial charge in [0.15, 0.2) is 0 Å². The van der Waals surface area contributed by atoms with Gasteiger partial charge in [0.05, 0.1) is 28.5 Å². The fourth-order valence-corrected chi connectivity index (χ4v) is 3.91. The van der Waals surface area contributed by atoms with Gasteiger partial charge in [-0.2, -0.15) is 5.10 Å². The minimum Gasteiger partial charge on any atom is -0.419 e. The lowest BCUT2D eigenvalue weighted by atomic mass is 10.1. The van der Waals surface area contributed by atoms with Crippen molar-refractivity contribution in [3.8, 4) is 17.1 Å². The third-order valence-electron chi connectivity index (χ3n) is 5.52. The lowest BCUT2D eigenvalue weighted by molar-refractivity contribution is -0.128. The average molecular weight is 476 g/mol. The van der Waals surface area contributed by atoms with Crippen LogP contribution in [-0.2, 0) is 11.3 Å². The number of rotatable bonds is 7. The third kappa shape index (κ3) is 4.94. The van der Waals surface area contributed by atoms with Gasteiger partial charge in [-0.1, -0.05) is 41.9 Å². The van der Waals surface area contributed by atoms with Crippen molar-refractivity contribution in [2.45, 2.75) is 40.3 Å². The third-order valence-corrected chi connectivity index (χ3v) is 5.85. The number of benzene rings is 2. The van der Waals surface area contributed by atoms with E-state index in [1.165, 1.54) is 0 Å². The molecule has 0 bridgehead atoms. The summed E-state index contributed by atoms with van der Waals surface area (Å²) in [4.78, 5) is 14.8. The number of aromatic nitrogens is 4. The van der Waals surface area contributed by atoms with Crippen LogP contribution in [0.4, 0.5) is 0 Å². The topological polar surface area (TPSA) is 77.1 Å². The van der Waals surface area contributed by atoms with Crippen LogP contribution in [0.1, 0.15) is 36.7 Å². The van der Waals surface area contributed by atoms with Crippen molar-refractivity contribution < 1.29 is 9.21 Å². The van der Waals surface area contributed by atoms with Crippen molar-refractivity contribution in [2.24, 2.45) is 0 Å². The molecule has 0 radical (unpaired) electrons. The molecule has 2 heterocycles. The Bertz CT molecular complexity index is 1320. The highest BCUT2D eigenvalue weighted by atomic mass is 35.5. The first-order valence-corrected chi connectivity index (χ1v) is 11.4. The standard InChI is InChI=1S/C26H26ClN5O2/c1-17(2)31(16-24-28-29-26(34-24)22-12-8-9-13-23(22)27)25(33)15-14-21-18(3)30-32(19(21)4)20-10-6-5-7-11-20/h5-15,17H,16H2,1-4H3/b15-14+. The van der Waals surface area contributed by atoms with Gasteiger partial charge in [0.25, 0.3) is 0 Å². The Morgan fingerprint density at radius 1 is 1.09 bits per heavy atom. The number of hydrogen-bond acceptors (Lipinski definition) is 5. The molecule has 0 atom stereocenters. The van der Waals surface area contributed by atoms with Gasteiger partial charge < -0.3 is 9.32 Å². The van der Waals surface area contributed by atoms with Crippen LogP contribution in [0.2, 0.25) is 5.02 Å². The van der Waals surface area contributed by atoms with Gasteiger partial charge in [-0.3, -0.25) is 4.79 Å². The number of amides is 1. The van der Waals surface area contributed by atoms with Gasteiger partial charge in [0.2, 0.25) is 17.7 Å². The molecule has 2 aromatic carbocycles. The van der Waals surface area contributed by atoms with E-state index in [0.29, 0.717) is 22.4 Å². The summed E-state index contributed by atoms with van der Waals surface area (Å²) in [6.07, 6.45) is 3.38. The largest absolute Gasteiger partial charge is 0.419 e. The molecule has 0 aliphatic rings. The minimum absolute atomic E-state index is 0.0675. The van der Waals surface area contributed by atoms with Crippen molar-refractivity contribution in [3.63, 3.8) is 0 Å². The molecule has 0 aliphatic heterocycles. The Balaban J connectivity index is 1.53. The molecule has 7 nitrogen and oxygen atoms in total. The predicted molar refractivity (Wildman–Crippen MR) is 133 cm³/mol. The molecule has 0 spiro atoms. The van der Waals surface area contributed by atoms with E-state index in [0.717, 1.165) is 22.6 Å². The van der Waals surface area contributed by atoms with Crippen LogP contribution in [0, 0.1) is 13.8 Å². The van der Waals surface area contributed by atoms with E-state index < -0.39 is 0 Å². The molecular weight excluding hydrogens is 450 g/mol. The first-order valence-electron chi connectivity index (χ1n) is 11.0. The van der Waals surface area contributed by atoms with E-state index in [4.69, 9.17) is 16.0 Å². The number of para-hydroxylation sites is 1. The Labute approximate surface area is 203 Å². The highest BCUT2D eigenvalue weighted by Gasteiger charge is 2.20. The normalized spacial score (nSPS) is 11.5. The Hall–Kier alpha value is -3.71. The molecule has 0 saturated heterocycles. The van der Waals surface area contributed by atoms with Crippen molar-refractivity contribution >= 4 is 23.6 Å². The molecule has 4 rings (SSSR count). The van der Waals surface area contributed by atoms with Crippen molar-refractivity contribution in [1.29, 1.82) is 0 Å². The molecule has 34 heavy (non-hydrogen) atoms. The van der Waals surface area contributed by atoms with E-state index in [9.17, 15) is 4.79 Å². The Kier molecular flexibility index (Phi) is 6.93. The zero-order valence-electron chi connectivity index (χ0n) is 19.6. The second kappa shape index (κ2) is 10.1. The van der Waals surface area contributed by atoms with Gasteiger partial charge in [0, 0.05) is 23.4 Å². The van der Waals surface area contributed by atoms with E-state index >= 15 is 0 Å². The van der Waals surface area contributed by atoms with Crippen LogP contribution in [0.15, 0.2) is 65.1 Å². The number of aryl methyl sites for hydroxylation is 1. The monoisotopic (exact) mass is 475 g/mol. The minimum atomic E-state index is -0.154. The van der Waals surface area contributed by atoms with Gasteiger partial charge in [-0.05, 0) is 58.0 Å². The van der Waals surface area contributed by atoms with Crippen molar-refractivity contribution in [3.05, 3.63) is 88.5 Å². The summed E-state index contributed by atoms with van der Waals surface area (Å²) < 4.78 is 7.68. The second-order valence-corrected chi connectivity index (χ2v) is 8.61. The Morgan fingerprint density at radius 2 is 1.79 bits per heavy atom. The van der Waals surface area contributed by atoms with Gasteiger partial charge in [-0.15, -0.1) is 10.2 Å². The van der Waals surface area contributed by atoms with Gasteiger partial charge in [-0.25, -0.2) is 4.68 Å². The maximum absolute atomic E-state index is 13.1. The molecule has 0 N–H and O–H groups in total. The van der Waals surface area contributed by atoms with Crippen LogP contribution >= 0.6 is 11.6 Å². The van der Waals surface area contributed by atoms with E-state index in [1.807, 2.05) is 87.0 Å². The molecule has 174 valence electrons. The molecule has 1 amide bonds. The second-order valence-electron chi connectivity index (χ2n) is 8.21. The number of hydrogen-bond donors (Lipinski definition) is 0. The molecule has 4 aromatic rings. The van der Waals surface area contributed by atoms with E-state index in [1.54, 1.807) is 17.0 Å². The molecule has 2 aromatic heterocycles. The first-order chi connectivity index (χ1) is 16.3. The Morgan fingerprint density at radius 3 is 2.50 bits per heavy atom. The average Bonchev–Trinajstić information content (AvgIpc) is 3.40. The number of carbonyl (C=O) groups excluding carboxylic acids is 1. The SMILES string of the molecule is Cc1nn(-c2ccccc2)c(C)c1/C=C/C(=O)N(Cc1nnc(-c2ccccc2Cl)o1)C(C)C. The molecule has 0 aliphatic carbocycles. The summed E-state index contributed by atoms with van der Waals surface area (Å²) in [6.45, 7) is 8.01. The lowest BCUT2D eigenvalue weighted by Gasteiger charge is -2.23. The summed E-state index contributed by atoms with van der Waals surface area (Å²) in [5.74, 6) is 0.514. The van der Waals surface area contributed by atoms with Crippen LogP contribution in [0.5, 0.6) is 0 Å². The number of carbonyl (C=O) groups is 1. The lowest BCUT2D eigenvalue weighted by Crippen LogP contribution is -2.35. The molecule has 0 saturated carbocycles. The highest BCUT2D eigenvalue weighted by Crippen LogP contribution is 2.26. The highest BCUT2D eigenvalue weighted by molar-refractivity contribution is 6.33. The van der Waals surface area contributed by atoms with Crippen LogP contribution in [0.25, 0.3) is 23.2 Å². The quantitative estimate of drug-likeness (QED) is 0.323. The van der Waals surface area contributed by atoms with Gasteiger partial charge in [0.1, 0.15) is 0 Å². The zero-order valence-corrected chi connectivity index (χ0v) is 20.3. The zero-order chi connectivity index (χ0) is 24.2. The summed E-state index contributed by atoms with van der Waals surface area (Å²) in [5.41, 5.74) is 4.36. The van der Waals surface area contributed by atoms with Crippen LogP contribution in [-0.4, -0.2) is 36.8 Å². The molecule has 8 heteroatoms. The fraction of sp³-hybridized carbons (Fsp3) is 0.231. The van der Waals surface area contributed by atoms with Crippen LogP contribution in [0.3, 0.4) is 0 Å². The fourth-order valence-electron chi connectivity index (χ4n) is 3.69. The van der Waals surface area contributed by atoms with Crippen molar-refractivity contribution in [2.75, 3.05) is 0 Å². The van der Waals surface area contributed by atoms with Crippen LogP contribution < -0.4 is 0 Å². The summed E-state index contributed by atoms with van der Waals surface area (Å²) in [6, 6.07) is 17.1. The van der Waals surface area contributed by atoms with Crippen molar-refractivity contribution in [1.82, 2.24) is 24.9 Å². The molecule has 0 unspecified atom stereocenters. The van der Waals surface area contributed by atoms with Gasteiger partial charge >= 0.3 is 0 Å². The molecular formula is C26H26ClN5O2. The number of halogens is 1. The first kappa shape index (κ1) is 23.4. The maximum Gasteiger partial charge on any atom is 0.249 e.